The number of hydrogen-bond acceptors (Lipinski definition) is 3. The van der Waals surface area contributed by atoms with Gasteiger partial charge in [-0.05, 0) is 30.7 Å². The summed E-state index contributed by atoms with van der Waals surface area (Å²) in [5.74, 6) is -2.26. The van der Waals surface area contributed by atoms with Gasteiger partial charge in [-0.2, -0.15) is 5.10 Å². The van der Waals surface area contributed by atoms with Gasteiger partial charge in [0.1, 0.15) is 5.82 Å². The molecular formula is C14H12FN3O3. The lowest BCUT2D eigenvalue weighted by Crippen LogP contribution is -2.13. The number of rotatable bonds is 4. The molecule has 0 saturated heterocycles. The highest BCUT2D eigenvalue weighted by atomic mass is 19.1. The van der Waals surface area contributed by atoms with Crippen LogP contribution in [0.3, 0.4) is 0 Å². The molecule has 7 heteroatoms. The van der Waals surface area contributed by atoms with Crippen molar-refractivity contribution in [3.05, 3.63) is 53.1 Å². The molecule has 6 nitrogen and oxygen atoms in total. The van der Waals surface area contributed by atoms with E-state index in [1.807, 2.05) is 0 Å². The van der Waals surface area contributed by atoms with E-state index >= 15 is 0 Å². The topological polar surface area (TPSA) is 95.1 Å². The van der Waals surface area contributed by atoms with Crippen LogP contribution >= 0.6 is 0 Å². The van der Waals surface area contributed by atoms with Crippen LogP contribution in [0.4, 0.5) is 10.1 Å². The lowest BCUT2D eigenvalue weighted by Gasteiger charge is -2.06. The maximum absolute atomic E-state index is 13.9. The van der Waals surface area contributed by atoms with Crippen LogP contribution in [0, 0.1) is 12.7 Å². The SMILES string of the molecule is Cc1[nH]ncc1C(=O)Nc1ccc(C=CC(=O)O)cc1F. The first-order valence-electron chi connectivity index (χ1n) is 5.99. The number of amides is 1. The van der Waals surface area contributed by atoms with Crippen LogP contribution in [0.2, 0.25) is 0 Å². The van der Waals surface area contributed by atoms with Crippen molar-refractivity contribution >= 4 is 23.6 Å². The summed E-state index contributed by atoms with van der Waals surface area (Å²) < 4.78 is 13.9. The largest absolute Gasteiger partial charge is 0.478 e. The zero-order valence-electron chi connectivity index (χ0n) is 11.1. The molecule has 1 aromatic heterocycles. The molecule has 0 fully saturated rings. The summed E-state index contributed by atoms with van der Waals surface area (Å²) in [6.45, 7) is 1.68. The van der Waals surface area contributed by atoms with Gasteiger partial charge in [-0.3, -0.25) is 9.89 Å². The number of carbonyl (C=O) groups excluding carboxylic acids is 1. The summed E-state index contributed by atoms with van der Waals surface area (Å²) in [5, 5.41) is 17.3. The van der Waals surface area contributed by atoms with Gasteiger partial charge < -0.3 is 10.4 Å². The summed E-state index contributed by atoms with van der Waals surface area (Å²) in [7, 11) is 0. The number of aromatic nitrogens is 2. The van der Waals surface area contributed by atoms with E-state index in [9.17, 15) is 14.0 Å². The summed E-state index contributed by atoms with van der Waals surface area (Å²) in [5.41, 5.74) is 1.29. The Morgan fingerprint density at radius 2 is 2.19 bits per heavy atom. The number of benzene rings is 1. The molecule has 0 spiro atoms. The summed E-state index contributed by atoms with van der Waals surface area (Å²) >= 11 is 0. The number of carboxylic acid groups (broad SMARTS) is 1. The van der Waals surface area contributed by atoms with Gasteiger partial charge in [0, 0.05) is 11.8 Å². The maximum Gasteiger partial charge on any atom is 0.328 e. The Bertz CT molecular complexity index is 722. The monoisotopic (exact) mass is 289 g/mol. The van der Waals surface area contributed by atoms with Crippen molar-refractivity contribution in [3.8, 4) is 0 Å². The third kappa shape index (κ3) is 3.53. The number of aliphatic carboxylic acids is 1. The quantitative estimate of drug-likeness (QED) is 0.752. The highest BCUT2D eigenvalue weighted by molar-refractivity contribution is 6.04. The van der Waals surface area contributed by atoms with E-state index in [0.717, 1.165) is 12.1 Å². The van der Waals surface area contributed by atoms with Crippen LogP contribution in [0.25, 0.3) is 6.08 Å². The fourth-order valence-corrected chi connectivity index (χ4v) is 1.67. The molecule has 3 N–H and O–H groups in total. The first-order valence-corrected chi connectivity index (χ1v) is 5.99. The van der Waals surface area contributed by atoms with Crippen LogP contribution in [-0.2, 0) is 4.79 Å². The van der Waals surface area contributed by atoms with Gasteiger partial charge in [0.2, 0.25) is 0 Å². The second-order valence-corrected chi connectivity index (χ2v) is 4.27. The molecule has 1 aromatic carbocycles. The minimum atomic E-state index is -1.12. The van der Waals surface area contributed by atoms with Crippen LogP contribution in [0.5, 0.6) is 0 Å². The lowest BCUT2D eigenvalue weighted by atomic mass is 10.1. The van der Waals surface area contributed by atoms with E-state index in [2.05, 4.69) is 15.5 Å². The number of anilines is 1. The number of hydrogen-bond donors (Lipinski definition) is 3. The summed E-state index contributed by atoms with van der Waals surface area (Å²) in [6, 6.07) is 4.00. The molecule has 0 radical (unpaired) electrons. The standard InChI is InChI=1S/C14H12FN3O3/c1-8-10(7-16-18-8)14(21)17-12-4-2-9(6-11(12)15)3-5-13(19)20/h2-7H,1H3,(H,16,18)(H,17,21)(H,19,20). The van der Waals surface area contributed by atoms with Gasteiger partial charge in [-0.25, -0.2) is 9.18 Å². The van der Waals surface area contributed by atoms with Crippen molar-refractivity contribution in [1.82, 2.24) is 10.2 Å². The lowest BCUT2D eigenvalue weighted by molar-refractivity contribution is -0.131. The molecule has 0 aliphatic carbocycles. The number of nitrogens with zero attached hydrogens (tertiary/aromatic N) is 1. The Balaban J connectivity index is 2.16. The van der Waals surface area contributed by atoms with Gasteiger partial charge >= 0.3 is 5.97 Å². The maximum atomic E-state index is 13.9. The van der Waals surface area contributed by atoms with Gasteiger partial charge in [0.05, 0.1) is 17.4 Å². The molecule has 0 aliphatic heterocycles. The van der Waals surface area contributed by atoms with E-state index < -0.39 is 17.7 Å². The van der Waals surface area contributed by atoms with Gasteiger partial charge in [0.15, 0.2) is 0 Å². The van der Waals surface area contributed by atoms with Gasteiger partial charge in [0.25, 0.3) is 5.91 Å². The van der Waals surface area contributed by atoms with Crippen LogP contribution in [-0.4, -0.2) is 27.2 Å². The second kappa shape index (κ2) is 6.00. The van der Waals surface area contributed by atoms with Crippen molar-refractivity contribution in [2.45, 2.75) is 6.92 Å². The van der Waals surface area contributed by atoms with Crippen LogP contribution in [0.1, 0.15) is 21.6 Å². The predicted octanol–water partition coefficient (Wildman–Crippen LogP) is 2.21. The molecule has 1 heterocycles. The van der Waals surface area contributed by atoms with E-state index in [1.165, 1.54) is 24.4 Å². The number of aromatic amines is 1. The Labute approximate surface area is 119 Å². The summed E-state index contributed by atoms with van der Waals surface area (Å²) in [4.78, 5) is 22.3. The summed E-state index contributed by atoms with van der Waals surface area (Å²) in [6.07, 6.45) is 3.52. The van der Waals surface area contributed by atoms with Crippen LogP contribution in [0.15, 0.2) is 30.5 Å². The fourth-order valence-electron chi connectivity index (χ4n) is 1.67. The molecule has 0 unspecified atom stereocenters. The zero-order chi connectivity index (χ0) is 15.4. The molecule has 2 aromatic rings. The molecule has 1 amide bonds. The Morgan fingerprint density at radius 3 is 2.76 bits per heavy atom. The van der Waals surface area contributed by atoms with Crippen molar-refractivity contribution in [3.63, 3.8) is 0 Å². The normalized spacial score (nSPS) is 10.8. The minimum Gasteiger partial charge on any atom is -0.478 e. The number of carbonyl (C=O) groups is 2. The third-order valence-electron chi connectivity index (χ3n) is 2.73. The molecule has 108 valence electrons. The Morgan fingerprint density at radius 1 is 1.43 bits per heavy atom. The molecular weight excluding hydrogens is 277 g/mol. The minimum absolute atomic E-state index is 0.00748. The van der Waals surface area contributed by atoms with Gasteiger partial charge in [-0.1, -0.05) is 6.07 Å². The van der Waals surface area contributed by atoms with Crippen molar-refractivity contribution in [1.29, 1.82) is 0 Å². The Hall–Kier alpha value is -2.96. The highest BCUT2D eigenvalue weighted by Crippen LogP contribution is 2.18. The number of H-pyrrole nitrogens is 1. The van der Waals surface area contributed by atoms with Crippen molar-refractivity contribution in [2.24, 2.45) is 0 Å². The second-order valence-electron chi connectivity index (χ2n) is 4.27. The predicted molar refractivity (Wildman–Crippen MR) is 74.3 cm³/mol. The molecule has 2 rings (SSSR count). The first-order chi connectivity index (χ1) is 9.97. The highest BCUT2D eigenvalue weighted by Gasteiger charge is 2.13. The van der Waals surface area contributed by atoms with E-state index in [4.69, 9.17) is 5.11 Å². The first kappa shape index (κ1) is 14.4. The Kier molecular flexibility index (Phi) is 4.13. The fraction of sp³-hybridized carbons (Fsp3) is 0.0714. The van der Waals surface area contributed by atoms with E-state index in [1.54, 1.807) is 6.92 Å². The average Bonchev–Trinajstić information content (AvgIpc) is 2.85. The van der Waals surface area contributed by atoms with E-state index in [0.29, 0.717) is 16.8 Å². The number of nitrogens with one attached hydrogen (secondary N) is 2. The molecule has 21 heavy (non-hydrogen) atoms. The third-order valence-corrected chi connectivity index (χ3v) is 2.73. The van der Waals surface area contributed by atoms with Crippen molar-refractivity contribution < 1.29 is 19.1 Å². The van der Waals surface area contributed by atoms with E-state index in [-0.39, 0.29) is 5.69 Å². The molecule has 0 aliphatic rings. The van der Waals surface area contributed by atoms with Gasteiger partial charge in [-0.15, -0.1) is 0 Å². The zero-order valence-corrected chi connectivity index (χ0v) is 11.1. The molecule has 0 saturated carbocycles. The van der Waals surface area contributed by atoms with Crippen LogP contribution < -0.4 is 5.32 Å². The number of aryl methyl sites for hydroxylation is 1. The average molecular weight is 289 g/mol. The molecule has 0 atom stereocenters. The number of halogens is 1. The number of carboxylic acids is 1. The van der Waals surface area contributed by atoms with Crippen molar-refractivity contribution in [2.75, 3.05) is 5.32 Å². The smallest absolute Gasteiger partial charge is 0.328 e. The molecule has 0 bridgehead atoms.